The van der Waals surface area contributed by atoms with E-state index in [1.165, 1.54) is 25.8 Å². The molecule has 0 aromatic heterocycles. The van der Waals surface area contributed by atoms with Crippen LogP contribution in [0.4, 0.5) is 0 Å². The molecule has 1 aliphatic rings. The molecule has 0 aliphatic carbocycles. The van der Waals surface area contributed by atoms with Crippen LogP contribution in [0.3, 0.4) is 0 Å². The second-order valence-corrected chi connectivity index (χ2v) is 5.53. The number of ether oxygens (including phenoxy) is 1. The summed E-state index contributed by atoms with van der Waals surface area (Å²) in [6, 6.07) is 1.30. The summed E-state index contributed by atoms with van der Waals surface area (Å²) in [7, 11) is 2.23. The van der Waals surface area contributed by atoms with Gasteiger partial charge in [0.1, 0.15) is 0 Å². The molecule has 17 heavy (non-hydrogen) atoms. The van der Waals surface area contributed by atoms with Gasteiger partial charge in [-0.3, -0.25) is 0 Å². The van der Waals surface area contributed by atoms with Gasteiger partial charge in [0.15, 0.2) is 0 Å². The molecule has 1 rings (SSSR count). The highest BCUT2D eigenvalue weighted by molar-refractivity contribution is 4.76. The van der Waals surface area contributed by atoms with Crippen molar-refractivity contribution >= 4 is 0 Å². The van der Waals surface area contributed by atoms with E-state index >= 15 is 0 Å². The quantitative estimate of drug-likeness (QED) is 0.706. The molecule has 1 N–H and O–H groups in total. The fraction of sp³-hybridized carbons (Fsp3) is 1.00. The van der Waals surface area contributed by atoms with Crippen LogP contribution in [0.25, 0.3) is 0 Å². The minimum absolute atomic E-state index is 0.379. The van der Waals surface area contributed by atoms with E-state index in [4.69, 9.17) is 4.74 Å². The van der Waals surface area contributed by atoms with Gasteiger partial charge in [-0.25, -0.2) is 0 Å². The first-order valence-electron chi connectivity index (χ1n) is 7.18. The zero-order chi connectivity index (χ0) is 12.7. The van der Waals surface area contributed by atoms with Crippen molar-refractivity contribution in [3.05, 3.63) is 0 Å². The molecule has 0 amide bonds. The number of hydrogen-bond acceptors (Lipinski definition) is 3. The van der Waals surface area contributed by atoms with Crippen molar-refractivity contribution in [1.82, 2.24) is 10.2 Å². The highest BCUT2D eigenvalue weighted by Gasteiger charge is 2.20. The molecule has 3 nitrogen and oxygen atoms in total. The smallest absolute Gasteiger partial charge is 0.0696 e. The maximum absolute atomic E-state index is 5.96. The van der Waals surface area contributed by atoms with Crippen molar-refractivity contribution in [3.63, 3.8) is 0 Å². The highest BCUT2D eigenvalue weighted by Crippen LogP contribution is 2.17. The molecular formula is C14H30N2O. The lowest BCUT2D eigenvalue weighted by atomic mass is 10.1. The third-order valence-corrected chi connectivity index (χ3v) is 3.69. The highest BCUT2D eigenvalue weighted by atomic mass is 16.5. The molecule has 102 valence electrons. The van der Waals surface area contributed by atoms with E-state index in [0.717, 1.165) is 25.6 Å². The Kier molecular flexibility index (Phi) is 7.09. The number of nitrogens with zero attached hydrogens (tertiary/aromatic N) is 1. The van der Waals surface area contributed by atoms with Gasteiger partial charge in [-0.2, -0.15) is 0 Å². The molecule has 1 saturated heterocycles. The number of nitrogens with one attached hydrogen (secondary N) is 1. The first-order valence-corrected chi connectivity index (χ1v) is 7.18. The predicted octanol–water partition coefficient (Wildman–Crippen LogP) is 2.26. The summed E-state index contributed by atoms with van der Waals surface area (Å²) in [6.07, 6.45) is 5.37. The number of rotatable bonds is 8. The van der Waals surface area contributed by atoms with E-state index < -0.39 is 0 Å². The maximum Gasteiger partial charge on any atom is 0.0696 e. The van der Waals surface area contributed by atoms with E-state index in [0.29, 0.717) is 12.1 Å². The standard InChI is InChI=1S/C14H30N2O/c1-5-14(11-15-12(2)3)17-10-8-13-7-6-9-16(13)4/h12-15H,5-11H2,1-4H3. The van der Waals surface area contributed by atoms with Gasteiger partial charge >= 0.3 is 0 Å². The van der Waals surface area contributed by atoms with Gasteiger partial charge in [-0.15, -0.1) is 0 Å². The van der Waals surface area contributed by atoms with Crippen LogP contribution in [0, 0.1) is 0 Å². The molecule has 0 radical (unpaired) electrons. The first-order chi connectivity index (χ1) is 8.13. The second kappa shape index (κ2) is 8.06. The van der Waals surface area contributed by atoms with Gasteiger partial charge in [0.25, 0.3) is 0 Å². The number of hydrogen-bond donors (Lipinski definition) is 1. The third kappa shape index (κ3) is 5.84. The van der Waals surface area contributed by atoms with Crippen molar-refractivity contribution < 1.29 is 4.74 Å². The van der Waals surface area contributed by atoms with E-state index in [9.17, 15) is 0 Å². The molecule has 0 saturated carbocycles. The number of likely N-dealkylation sites (tertiary alicyclic amines) is 1. The summed E-state index contributed by atoms with van der Waals surface area (Å²) >= 11 is 0. The monoisotopic (exact) mass is 242 g/mol. The Morgan fingerprint density at radius 3 is 2.71 bits per heavy atom. The maximum atomic E-state index is 5.96. The minimum atomic E-state index is 0.379. The van der Waals surface area contributed by atoms with Gasteiger partial charge in [-0.05, 0) is 39.3 Å². The molecule has 1 heterocycles. The summed E-state index contributed by atoms with van der Waals surface area (Å²) in [5.41, 5.74) is 0. The average molecular weight is 242 g/mol. The zero-order valence-electron chi connectivity index (χ0n) is 12.0. The third-order valence-electron chi connectivity index (χ3n) is 3.69. The van der Waals surface area contributed by atoms with E-state index in [-0.39, 0.29) is 0 Å². The Labute approximate surface area is 107 Å². The lowest BCUT2D eigenvalue weighted by molar-refractivity contribution is 0.0390. The Morgan fingerprint density at radius 1 is 1.41 bits per heavy atom. The SMILES string of the molecule is CCC(CNC(C)C)OCCC1CCCN1C. The summed E-state index contributed by atoms with van der Waals surface area (Å²) in [4.78, 5) is 2.47. The molecular weight excluding hydrogens is 212 g/mol. The molecule has 3 heteroatoms. The van der Waals surface area contributed by atoms with E-state index in [1.54, 1.807) is 0 Å². The van der Waals surface area contributed by atoms with Crippen LogP contribution in [-0.2, 0) is 4.74 Å². The van der Waals surface area contributed by atoms with Crippen LogP contribution in [0.15, 0.2) is 0 Å². The summed E-state index contributed by atoms with van der Waals surface area (Å²) in [6.45, 7) is 9.72. The summed E-state index contributed by atoms with van der Waals surface area (Å²) in [5.74, 6) is 0. The molecule has 0 aromatic carbocycles. The van der Waals surface area contributed by atoms with Crippen LogP contribution < -0.4 is 5.32 Å². The lowest BCUT2D eigenvalue weighted by Gasteiger charge is -2.22. The predicted molar refractivity (Wildman–Crippen MR) is 73.4 cm³/mol. The van der Waals surface area contributed by atoms with Crippen molar-refractivity contribution in [1.29, 1.82) is 0 Å². The summed E-state index contributed by atoms with van der Waals surface area (Å²) in [5, 5.41) is 3.45. The largest absolute Gasteiger partial charge is 0.377 e. The van der Waals surface area contributed by atoms with Gasteiger partial charge in [0.05, 0.1) is 6.10 Å². The van der Waals surface area contributed by atoms with Gasteiger partial charge in [0, 0.05) is 25.2 Å². The fourth-order valence-electron chi connectivity index (χ4n) is 2.40. The topological polar surface area (TPSA) is 24.5 Å². The molecule has 1 fully saturated rings. The first kappa shape index (κ1) is 14.9. The summed E-state index contributed by atoms with van der Waals surface area (Å²) < 4.78 is 5.96. The Morgan fingerprint density at radius 2 is 2.18 bits per heavy atom. The van der Waals surface area contributed by atoms with Crippen molar-refractivity contribution in [2.24, 2.45) is 0 Å². The molecule has 1 aliphatic heterocycles. The van der Waals surface area contributed by atoms with Crippen LogP contribution in [0.5, 0.6) is 0 Å². The second-order valence-electron chi connectivity index (χ2n) is 5.53. The van der Waals surface area contributed by atoms with Crippen molar-refractivity contribution in [2.75, 3.05) is 26.7 Å². The van der Waals surface area contributed by atoms with Crippen LogP contribution in [-0.4, -0.2) is 49.8 Å². The molecule has 0 spiro atoms. The molecule has 2 atom stereocenters. The van der Waals surface area contributed by atoms with Gasteiger partial charge in [0.2, 0.25) is 0 Å². The van der Waals surface area contributed by atoms with Crippen LogP contribution >= 0.6 is 0 Å². The molecule has 2 unspecified atom stereocenters. The average Bonchev–Trinajstić information content (AvgIpc) is 2.69. The van der Waals surface area contributed by atoms with Crippen LogP contribution in [0.1, 0.15) is 46.5 Å². The van der Waals surface area contributed by atoms with E-state index in [2.05, 4.69) is 38.0 Å². The Bertz CT molecular complexity index is 197. The van der Waals surface area contributed by atoms with Crippen molar-refractivity contribution in [3.8, 4) is 0 Å². The fourth-order valence-corrected chi connectivity index (χ4v) is 2.40. The zero-order valence-corrected chi connectivity index (χ0v) is 12.0. The van der Waals surface area contributed by atoms with Crippen LogP contribution in [0.2, 0.25) is 0 Å². The van der Waals surface area contributed by atoms with Gasteiger partial charge < -0.3 is 15.0 Å². The minimum Gasteiger partial charge on any atom is -0.377 e. The molecule has 0 aromatic rings. The molecule has 0 bridgehead atoms. The van der Waals surface area contributed by atoms with Crippen molar-refractivity contribution in [2.45, 2.75) is 64.6 Å². The lowest BCUT2D eigenvalue weighted by Crippen LogP contribution is -2.34. The Balaban J connectivity index is 2.10. The Hall–Kier alpha value is -0.120. The normalized spacial score (nSPS) is 23.5. The van der Waals surface area contributed by atoms with E-state index in [1.807, 2.05) is 0 Å². The van der Waals surface area contributed by atoms with Gasteiger partial charge in [-0.1, -0.05) is 20.8 Å².